The number of thiophene rings is 1. The van der Waals surface area contributed by atoms with E-state index in [-0.39, 0.29) is 5.56 Å². The van der Waals surface area contributed by atoms with E-state index in [0.717, 1.165) is 59.2 Å². The van der Waals surface area contributed by atoms with Crippen molar-refractivity contribution in [3.63, 3.8) is 0 Å². The van der Waals surface area contributed by atoms with Crippen LogP contribution in [-0.4, -0.2) is 40.9 Å². The molecule has 0 spiro atoms. The minimum atomic E-state index is -0.0327. The molecule has 3 aromatic heterocycles. The van der Waals surface area contributed by atoms with Crippen LogP contribution in [-0.2, 0) is 17.6 Å². The van der Waals surface area contributed by atoms with E-state index in [4.69, 9.17) is 14.8 Å². The molecule has 1 aromatic carbocycles. The lowest BCUT2D eigenvalue weighted by Crippen LogP contribution is -2.37. The SMILES string of the molecule is O=c1c2c3c(sc2nc2c4ccccc4c(N4CCOCC4)nn12)CCC3. The van der Waals surface area contributed by atoms with Gasteiger partial charge in [0.25, 0.3) is 5.56 Å². The van der Waals surface area contributed by atoms with Crippen LogP contribution in [0.25, 0.3) is 26.6 Å². The summed E-state index contributed by atoms with van der Waals surface area (Å²) in [6.07, 6.45) is 3.16. The summed E-state index contributed by atoms with van der Waals surface area (Å²) in [5, 5.41) is 7.59. The van der Waals surface area contributed by atoms with Gasteiger partial charge in [-0.25, -0.2) is 4.98 Å². The van der Waals surface area contributed by atoms with Crippen molar-refractivity contribution in [3.05, 3.63) is 45.1 Å². The number of ether oxygens (including phenoxy) is 1. The van der Waals surface area contributed by atoms with E-state index in [9.17, 15) is 4.79 Å². The van der Waals surface area contributed by atoms with Crippen molar-refractivity contribution in [2.24, 2.45) is 0 Å². The zero-order valence-corrected chi connectivity index (χ0v) is 15.6. The zero-order chi connectivity index (χ0) is 18.0. The molecule has 0 N–H and O–H groups in total. The van der Waals surface area contributed by atoms with Crippen molar-refractivity contribution in [1.29, 1.82) is 0 Å². The van der Waals surface area contributed by atoms with Gasteiger partial charge in [-0.15, -0.1) is 16.4 Å². The highest BCUT2D eigenvalue weighted by atomic mass is 32.1. The third kappa shape index (κ3) is 2.18. The molecule has 1 fully saturated rings. The molecule has 0 atom stereocenters. The summed E-state index contributed by atoms with van der Waals surface area (Å²) < 4.78 is 7.02. The molecule has 0 amide bonds. The number of nitrogens with zero attached hydrogens (tertiary/aromatic N) is 4. The summed E-state index contributed by atoms with van der Waals surface area (Å²) in [6, 6.07) is 8.12. The zero-order valence-electron chi connectivity index (χ0n) is 14.8. The van der Waals surface area contributed by atoms with Crippen LogP contribution in [0.1, 0.15) is 16.9 Å². The van der Waals surface area contributed by atoms with Crippen molar-refractivity contribution < 1.29 is 4.74 Å². The minimum Gasteiger partial charge on any atom is -0.378 e. The molecule has 6 nitrogen and oxygen atoms in total. The Morgan fingerprint density at radius 3 is 2.74 bits per heavy atom. The van der Waals surface area contributed by atoms with Gasteiger partial charge in [-0.2, -0.15) is 4.52 Å². The predicted molar refractivity (Wildman–Crippen MR) is 107 cm³/mol. The highest BCUT2D eigenvalue weighted by molar-refractivity contribution is 7.18. The van der Waals surface area contributed by atoms with Crippen molar-refractivity contribution >= 4 is 43.8 Å². The second-order valence-electron chi connectivity index (χ2n) is 7.16. The Bertz CT molecular complexity index is 1270. The Morgan fingerprint density at radius 2 is 1.89 bits per heavy atom. The first-order valence-corrected chi connectivity index (χ1v) is 10.2. The fourth-order valence-electron chi connectivity index (χ4n) is 4.33. The smallest absolute Gasteiger partial charge is 0.283 e. The molecule has 136 valence electrons. The second-order valence-corrected chi connectivity index (χ2v) is 8.24. The monoisotopic (exact) mass is 378 g/mol. The first-order chi connectivity index (χ1) is 13.3. The first kappa shape index (κ1) is 15.5. The summed E-state index contributed by atoms with van der Waals surface area (Å²) in [4.78, 5) is 22.7. The van der Waals surface area contributed by atoms with E-state index >= 15 is 0 Å². The van der Waals surface area contributed by atoms with E-state index in [0.29, 0.717) is 18.9 Å². The Hall–Kier alpha value is -2.51. The molecule has 1 aliphatic heterocycles. The molecule has 0 radical (unpaired) electrons. The number of morpholine rings is 1. The van der Waals surface area contributed by atoms with E-state index in [2.05, 4.69) is 11.0 Å². The number of fused-ring (bicyclic) bond motifs is 6. The predicted octanol–water partition coefficient (Wildman–Crippen LogP) is 2.78. The van der Waals surface area contributed by atoms with E-state index in [1.807, 2.05) is 18.2 Å². The highest BCUT2D eigenvalue weighted by Gasteiger charge is 2.24. The van der Waals surface area contributed by atoms with Crippen LogP contribution in [0, 0.1) is 0 Å². The average molecular weight is 378 g/mol. The standard InChI is InChI=1S/C20H18N4O2S/c25-20-16-14-6-3-7-15(14)27-19(16)21-17-12-4-1-2-5-13(12)18(22-24(17)20)23-8-10-26-11-9-23/h1-2,4-5H,3,6-11H2. The molecule has 0 saturated carbocycles. The topological polar surface area (TPSA) is 59.7 Å². The van der Waals surface area contributed by atoms with Gasteiger partial charge in [0.05, 0.1) is 18.6 Å². The number of rotatable bonds is 1. The van der Waals surface area contributed by atoms with Gasteiger partial charge in [0.2, 0.25) is 0 Å². The lowest BCUT2D eigenvalue weighted by molar-refractivity contribution is 0.122. The van der Waals surface area contributed by atoms with Crippen molar-refractivity contribution in [2.75, 3.05) is 31.2 Å². The van der Waals surface area contributed by atoms with Crippen molar-refractivity contribution in [2.45, 2.75) is 19.3 Å². The van der Waals surface area contributed by atoms with Crippen LogP contribution in [0.15, 0.2) is 29.1 Å². The van der Waals surface area contributed by atoms with Gasteiger partial charge in [0.1, 0.15) is 4.83 Å². The second kappa shape index (κ2) is 5.74. The minimum absolute atomic E-state index is 0.0327. The van der Waals surface area contributed by atoms with E-state index < -0.39 is 0 Å². The van der Waals surface area contributed by atoms with Crippen LogP contribution in [0.5, 0.6) is 0 Å². The lowest BCUT2D eigenvalue weighted by atomic mass is 10.1. The van der Waals surface area contributed by atoms with Crippen LogP contribution < -0.4 is 10.5 Å². The summed E-state index contributed by atoms with van der Waals surface area (Å²) in [7, 11) is 0. The van der Waals surface area contributed by atoms with Crippen LogP contribution in [0.4, 0.5) is 5.82 Å². The maximum absolute atomic E-state index is 13.4. The van der Waals surface area contributed by atoms with Crippen LogP contribution >= 0.6 is 11.3 Å². The van der Waals surface area contributed by atoms with E-state index in [1.54, 1.807) is 11.3 Å². The molecule has 27 heavy (non-hydrogen) atoms. The Labute approximate surface area is 159 Å². The average Bonchev–Trinajstić information content (AvgIpc) is 3.29. The Morgan fingerprint density at radius 1 is 1.07 bits per heavy atom. The van der Waals surface area contributed by atoms with Crippen molar-refractivity contribution in [3.8, 4) is 0 Å². The number of aromatic nitrogens is 3. The quantitative estimate of drug-likeness (QED) is 0.477. The normalized spacial score (nSPS) is 17.3. The fourth-order valence-corrected chi connectivity index (χ4v) is 5.58. The van der Waals surface area contributed by atoms with Gasteiger partial charge in [-0.05, 0) is 24.8 Å². The molecule has 0 unspecified atom stereocenters. The maximum atomic E-state index is 13.4. The van der Waals surface area contributed by atoms with Crippen LogP contribution in [0.3, 0.4) is 0 Å². The molecule has 4 heterocycles. The molecule has 7 heteroatoms. The number of benzene rings is 1. The molecule has 0 bridgehead atoms. The van der Waals surface area contributed by atoms with Gasteiger partial charge in [-0.3, -0.25) is 4.79 Å². The van der Waals surface area contributed by atoms with Gasteiger partial charge in [-0.1, -0.05) is 24.3 Å². The summed E-state index contributed by atoms with van der Waals surface area (Å²) in [5.74, 6) is 0.844. The van der Waals surface area contributed by atoms with Gasteiger partial charge >= 0.3 is 0 Å². The molecular formula is C20H18N4O2S. The highest BCUT2D eigenvalue weighted by Crippen LogP contribution is 2.36. The summed E-state index contributed by atoms with van der Waals surface area (Å²) in [5.41, 5.74) is 1.82. The van der Waals surface area contributed by atoms with Crippen molar-refractivity contribution in [1.82, 2.24) is 14.6 Å². The molecule has 4 aromatic rings. The number of anilines is 1. The molecule has 1 saturated heterocycles. The molecular weight excluding hydrogens is 360 g/mol. The van der Waals surface area contributed by atoms with Gasteiger partial charge in [0, 0.05) is 28.7 Å². The molecule has 6 rings (SSSR count). The maximum Gasteiger partial charge on any atom is 0.283 e. The van der Waals surface area contributed by atoms with E-state index in [1.165, 1.54) is 15.0 Å². The summed E-state index contributed by atoms with van der Waals surface area (Å²) in [6.45, 7) is 2.91. The third-order valence-electron chi connectivity index (χ3n) is 5.63. The number of hydrogen-bond donors (Lipinski definition) is 0. The number of hydrogen-bond acceptors (Lipinski definition) is 6. The Balaban J connectivity index is 1.74. The number of aryl methyl sites for hydroxylation is 2. The fraction of sp³-hybridized carbons (Fsp3) is 0.350. The van der Waals surface area contributed by atoms with Crippen LogP contribution in [0.2, 0.25) is 0 Å². The molecule has 1 aliphatic carbocycles. The first-order valence-electron chi connectivity index (χ1n) is 9.40. The van der Waals surface area contributed by atoms with Gasteiger partial charge < -0.3 is 9.64 Å². The Kier molecular flexibility index (Phi) is 3.30. The summed E-state index contributed by atoms with van der Waals surface area (Å²) >= 11 is 1.68. The van der Waals surface area contributed by atoms with Gasteiger partial charge in [0.15, 0.2) is 11.5 Å². The lowest BCUT2D eigenvalue weighted by Gasteiger charge is -2.28. The largest absolute Gasteiger partial charge is 0.378 e. The molecule has 2 aliphatic rings. The third-order valence-corrected chi connectivity index (χ3v) is 6.82.